The van der Waals surface area contributed by atoms with Crippen molar-refractivity contribution in [2.75, 3.05) is 26.3 Å². The molecule has 4 nitrogen and oxygen atoms in total. The number of morpholine rings is 1. The monoisotopic (exact) mass is 265 g/mol. The van der Waals surface area contributed by atoms with Gasteiger partial charge in [-0.3, -0.25) is 9.59 Å². The van der Waals surface area contributed by atoms with Gasteiger partial charge in [0.1, 0.15) is 5.78 Å². The van der Waals surface area contributed by atoms with Crippen molar-refractivity contribution >= 4 is 11.7 Å². The second kappa shape index (κ2) is 3.81. The first kappa shape index (κ1) is 13.1. The second-order valence-corrected chi connectivity index (χ2v) is 7.04. The van der Waals surface area contributed by atoms with Gasteiger partial charge in [-0.25, -0.2) is 0 Å². The summed E-state index contributed by atoms with van der Waals surface area (Å²) in [7, 11) is 0. The number of fused-ring (bicyclic) bond motifs is 2. The van der Waals surface area contributed by atoms with Crippen LogP contribution in [0.25, 0.3) is 0 Å². The highest BCUT2D eigenvalue weighted by molar-refractivity contribution is 5.99. The molecule has 0 spiro atoms. The van der Waals surface area contributed by atoms with Crippen LogP contribution < -0.4 is 0 Å². The summed E-state index contributed by atoms with van der Waals surface area (Å²) in [4.78, 5) is 27.3. The predicted molar refractivity (Wildman–Crippen MR) is 70.6 cm³/mol. The number of carbonyl (C=O) groups is 2. The Morgan fingerprint density at radius 2 is 1.79 bits per heavy atom. The summed E-state index contributed by atoms with van der Waals surface area (Å²) in [5.41, 5.74) is -1.00. The fourth-order valence-corrected chi connectivity index (χ4v) is 4.40. The number of ketones is 1. The van der Waals surface area contributed by atoms with Crippen LogP contribution >= 0.6 is 0 Å². The standard InChI is InChI=1S/C15H23NO3/c1-13(2)14(3)4-5-15(13,10-11(14)17)12(18)16-6-8-19-9-7-16/h4-10H2,1-3H3/t14-,15+/m1/s1. The number of carbonyl (C=O) groups excluding carboxylic acids is 2. The van der Waals surface area contributed by atoms with Crippen molar-refractivity contribution in [2.45, 2.75) is 40.0 Å². The molecular formula is C15H23NO3. The van der Waals surface area contributed by atoms with Crippen molar-refractivity contribution in [3.05, 3.63) is 0 Å². The fourth-order valence-electron chi connectivity index (χ4n) is 4.40. The second-order valence-electron chi connectivity index (χ2n) is 7.04. The van der Waals surface area contributed by atoms with Crippen molar-refractivity contribution < 1.29 is 14.3 Å². The molecule has 3 fully saturated rings. The Bertz CT molecular complexity index is 439. The van der Waals surface area contributed by atoms with Gasteiger partial charge in [0, 0.05) is 24.9 Å². The summed E-state index contributed by atoms with van der Waals surface area (Å²) in [6.07, 6.45) is 2.15. The van der Waals surface area contributed by atoms with Gasteiger partial charge in [0.15, 0.2) is 0 Å². The third kappa shape index (κ3) is 1.38. The molecule has 0 N–H and O–H groups in total. The van der Waals surface area contributed by atoms with E-state index in [4.69, 9.17) is 4.74 Å². The Morgan fingerprint density at radius 1 is 1.16 bits per heavy atom. The highest BCUT2D eigenvalue weighted by Gasteiger charge is 2.72. The first-order valence-corrected chi connectivity index (χ1v) is 7.26. The lowest BCUT2D eigenvalue weighted by atomic mass is 9.64. The lowest BCUT2D eigenvalue weighted by Gasteiger charge is -2.42. The molecule has 2 saturated carbocycles. The number of Topliss-reactive ketones (excluding diaryl/α,β-unsaturated/α-hetero) is 1. The van der Waals surface area contributed by atoms with Gasteiger partial charge in [-0.15, -0.1) is 0 Å². The van der Waals surface area contributed by atoms with Crippen LogP contribution in [0.15, 0.2) is 0 Å². The molecule has 0 aromatic rings. The predicted octanol–water partition coefficient (Wildman–Crippen LogP) is 1.63. The summed E-state index contributed by atoms with van der Waals surface area (Å²) in [5, 5.41) is 0. The van der Waals surface area contributed by atoms with Gasteiger partial charge in [-0.2, -0.15) is 0 Å². The van der Waals surface area contributed by atoms with Crippen LogP contribution in [0.3, 0.4) is 0 Å². The average Bonchev–Trinajstić information content (AvgIpc) is 2.69. The Balaban J connectivity index is 1.95. The van der Waals surface area contributed by atoms with Gasteiger partial charge in [0.05, 0.1) is 18.6 Å². The number of hydrogen-bond donors (Lipinski definition) is 0. The molecule has 2 bridgehead atoms. The van der Waals surface area contributed by atoms with E-state index in [9.17, 15) is 9.59 Å². The smallest absolute Gasteiger partial charge is 0.229 e. The Labute approximate surface area is 114 Å². The lowest BCUT2D eigenvalue weighted by Crippen LogP contribution is -2.51. The first-order valence-electron chi connectivity index (χ1n) is 7.26. The number of nitrogens with zero attached hydrogens (tertiary/aromatic N) is 1. The van der Waals surface area contributed by atoms with E-state index in [1.54, 1.807) is 0 Å². The molecular weight excluding hydrogens is 242 g/mol. The van der Waals surface area contributed by atoms with E-state index in [0.29, 0.717) is 32.7 Å². The van der Waals surface area contributed by atoms with Crippen LogP contribution in [0.5, 0.6) is 0 Å². The molecule has 0 unspecified atom stereocenters. The summed E-state index contributed by atoms with van der Waals surface area (Å²) in [6, 6.07) is 0. The molecule has 4 heteroatoms. The molecule has 19 heavy (non-hydrogen) atoms. The molecule has 2 atom stereocenters. The number of amides is 1. The quantitative estimate of drug-likeness (QED) is 0.724. The van der Waals surface area contributed by atoms with Crippen molar-refractivity contribution in [3.8, 4) is 0 Å². The highest BCUT2D eigenvalue weighted by Crippen LogP contribution is 2.70. The largest absolute Gasteiger partial charge is 0.378 e. The van der Waals surface area contributed by atoms with Crippen molar-refractivity contribution in [1.29, 1.82) is 0 Å². The minimum absolute atomic E-state index is 0.190. The average molecular weight is 265 g/mol. The topological polar surface area (TPSA) is 46.6 Å². The number of hydrogen-bond acceptors (Lipinski definition) is 3. The van der Waals surface area contributed by atoms with Gasteiger partial charge in [-0.1, -0.05) is 20.8 Å². The van der Waals surface area contributed by atoms with Crippen LogP contribution in [-0.2, 0) is 14.3 Å². The summed E-state index contributed by atoms with van der Waals surface area (Å²) in [6.45, 7) is 8.85. The molecule has 1 aliphatic heterocycles. The molecule has 3 rings (SSSR count). The van der Waals surface area contributed by atoms with Gasteiger partial charge < -0.3 is 9.64 Å². The summed E-state index contributed by atoms with van der Waals surface area (Å²) >= 11 is 0. The van der Waals surface area contributed by atoms with Crippen LogP contribution in [0.1, 0.15) is 40.0 Å². The maximum absolute atomic E-state index is 13.0. The Hall–Kier alpha value is -0.900. The summed E-state index contributed by atoms with van der Waals surface area (Å²) < 4.78 is 5.32. The van der Waals surface area contributed by atoms with E-state index in [1.807, 2.05) is 4.90 Å². The van der Waals surface area contributed by atoms with Gasteiger partial charge in [0.25, 0.3) is 0 Å². The van der Waals surface area contributed by atoms with Crippen molar-refractivity contribution in [3.63, 3.8) is 0 Å². The lowest BCUT2D eigenvalue weighted by molar-refractivity contribution is -0.151. The maximum Gasteiger partial charge on any atom is 0.229 e. The van der Waals surface area contributed by atoms with Gasteiger partial charge in [-0.05, 0) is 18.3 Å². The van der Waals surface area contributed by atoms with Crippen LogP contribution in [-0.4, -0.2) is 42.9 Å². The van der Waals surface area contributed by atoms with Crippen molar-refractivity contribution in [1.82, 2.24) is 4.90 Å². The minimum atomic E-state index is -0.462. The third-order valence-electron chi connectivity index (χ3n) is 6.41. The van der Waals surface area contributed by atoms with Crippen molar-refractivity contribution in [2.24, 2.45) is 16.2 Å². The number of ether oxygens (including phenoxy) is 1. The van der Waals surface area contributed by atoms with E-state index >= 15 is 0 Å². The van der Waals surface area contributed by atoms with E-state index < -0.39 is 5.41 Å². The highest BCUT2D eigenvalue weighted by atomic mass is 16.5. The van der Waals surface area contributed by atoms with Gasteiger partial charge >= 0.3 is 0 Å². The Kier molecular flexibility index (Phi) is 2.63. The van der Waals surface area contributed by atoms with E-state index in [2.05, 4.69) is 20.8 Å². The summed E-state index contributed by atoms with van der Waals surface area (Å²) in [5.74, 6) is 0.473. The first-order chi connectivity index (χ1) is 8.85. The normalized spacial score (nSPS) is 40.8. The molecule has 0 aromatic carbocycles. The van der Waals surface area contributed by atoms with Crippen LogP contribution in [0, 0.1) is 16.2 Å². The third-order valence-corrected chi connectivity index (χ3v) is 6.41. The zero-order valence-electron chi connectivity index (χ0n) is 12.1. The van der Waals surface area contributed by atoms with Gasteiger partial charge in [0.2, 0.25) is 5.91 Å². The molecule has 0 aromatic heterocycles. The maximum atomic E-state index is 13.0. The van der Waals surface area contributed by atoms with E-state index in [-0.39, 0.29) is 22.5 Å². The molecule has 1 saturated heterocycles. The van der Waals surface area contributed by atoms with Crippen LogP contribution in [0.4, 0.5) is 0 Å². The molecule has 3 aliphatic rings. The van der Waals surface area contributed by atoms with E-state index in [0.717, 1.165) is 12.8 Å². The minimum Gasteiger partial charge on any atom is -0.378 e. The molecule has 0 radical (unpaired) electrons. The number of rotatable bonds is 1. The SMILES string of the molecule is CC1(C)[C@@]2(C(=O)N3CCOCC3)CC[C@]1(C)C(=O)C2. The molecule has 1 amide bonds. The zero-order chi connectivity index (χ0) is 13.9. The zero-order valence-corrected chi connectivity index (χ0v) is 12.1. The van der Waals surface area contributed by atoms with Crippen LogP contribution in [0.2, 0.25) is 0 Å². The fraction of sp³-hybridized carbons (Fsp3) is 0.867. The molecule has 106 valence electrons. The Morgan fingerprint density at radius 3 is 2.26 bits per heavy atom. The molecule has 1 heterocycles. The molecule has 2 aliphatic carbocycles. The van der Waals surface area contributed by atoms with E-state index in [1.165, 1.54) is 0 Å².